The number of rotatable bonds is 49. The molecule has 8 unspecified atom stereocenters. The summed E-state index contributed by atoms with van der Waals surface area (Å²) in [4.78, 5) is 23.6. The largest absolute Gasteiger partial charge is 0.472 e. The van der Waals surface area contributed by atoms with E-state index < -0.39 is 75.2 Å². The van der Waals surface area contributed by atoms with Crippen LogP contribution < -0.4 is 5.32 Å². The molecule has 0 aliphatic heterocycles. The predicted octanol–water partition coefficient (Wildman–Crippen LogP) is 11.7. The van der Waals surface area contributed by atoms with Crippen molar-refractivity contribution in [3.63, 3.8) is 0 Å². The molecule has 1 aliphatic rings. The van der Waals surface area contributed by atoms with E-state index in [0.29, 0.717) is 12.8 Å². The highest BCUT2D eigenvalue weighted by Crippen LogP contribution is 2.47. The Hall–Kier alpha value is -0.960. The minimum atomic E-state index is -5.12. The molecule has 1 fully saturated rings. The van der Waals surface area contributed by atoms with E-state index in [4.69, 9.17) is 9.05 Å². The summed E-state index contributed by atoms with van der Waals surface area (Å²) in [7, 11) is -5.12. The molecule has 0 heterocycles. The van der Waals surface area contributed by atoms with Crippen LogP contribution in [0.3, 0.4) is 0 Å². The summed E-state index contributed by atoms with van der Waals surface area (Å²) >= 11 is 0. The number of phosphoric acid groups is 1. The fourth-order valence-corrected chi connectivity index (χ4v) is 10.4. The first kappa shape index (κ1) is 66.1. The lowest BCUT2D eigenvalue weighted by atomic mass is 9.85. The molecule has 0 aromatic carbocycles. The smallest absolute Gasteiger partial charge is 0.393 e. The van der Waals surface area contributed by atoms with Crippen LogP contribution in [0.4, 0.5) is 0 Å². The van der Waals surface area contributed by atoms with Crippen LogP contribution in [0.25, 0.3) is 0 Å². The molecule has 9 N–H and O–H groups in total. The molecule has 410 valence electrons. The lowest BCUT2D eigenvalue weighted by molar-refractivity contribution is -0.220. The quantitative estimate of drug-likeness (QED) is 0.0158. The van der Waals surface area contributed by atoms with Gasteiger partial charge in [-0.05, 0) is 38.5 Å². The second kappa shape index (κ2) is 44.5. The Kier molecular flexibility index (Phi) is 42.6. The van der Waals surface area contributed by atoms with Crippen LogP contribution >= 0.6 is 7.82 Å². The molecule has 1 amide bonds. The zero-order valence-electron chi connectivity index (χ0n) is 44.0. The number of phosphoric ester groups is 1. The third-order valence-corrected chi connectivity index (χ3v) is 15.1. The molecule has 13 nitrogen and oxygen atoms in total. The standard InChI is InChI=1S/C55H108NO12P/c1-3-5-7-9-11-13-15-17-19-21-23-25-27-29-31-33-35-37-39-41-43-48(58)47(45-67-69(65,66)68-55-53(63)51(61)50(60)52(62)54(55)64)56-49(59)44-46(57)42-40-38-36-34-32-30-28-26-24-22-20-18-16-14-12-10-8-6-4-2/h26,28,46-48,50-55,57-58,60-64H,3-25,27,29-45H2,1-2H3,(H,56,59)(H,65,66)/b28-26-. The van der Waals surface area contributed by atoms with Gasteiger partial charge in [-0.25, -0.2) is 4.57 Å². The van der Waals surface area contributed by atoms with Gasteiger partial charge in [0.05, 0.1) is 31.3 Å². The third kappa shape index (κ3) is 35.8. The number of hydrogen-bond donors (Lipinski definition) is 9. The minimum absolute atomic E-state index is 0.224. The van der Waals surface area contributed by atoms with Gasteiger partial charge in [0.25, 0.3) is 0 Å². The number of unbranched alkanes of at least 4 members (excludes halogenated alkanes) is 34. The van der Waals surface area contributed by atoms with Crippen LogP contribution in [0.1, 0.15) is 271 Å². The maximum absolute atomic E-state index is 13.1. The van der Waals surface area contributed by atoms with Gasteiger partial charge >= 0.3 is 7.82 Å². The summed E-state index contributed by atoms with van der Waals surface area (Å²) in [6.45, 7) is 3.84. The normalized spacial score (nSPS) is 21.9. The Labute approximate surface area is 421 Å². The number of aliphatic hydroxyl groups is 7. The number of amides is 1. The van der Waals surface area contributed by atoms with Crippen molar-refractivity contribution < 1.29 is 59.0 Å². The van der Waals surface area contributed by atoms with Crippen LogP contribution in [0, 0.1) is 0 Å². The van der Waals surface area contributed by atoms with Crippen molar-refractivity contribution in [1.82, 2.24) is 5.32 Å². The molecule has 14 heteroatoms. The zero-order valence-corrected chi connectivity index (χ0v) is 44.9. The highest BCUT2D eigenvalue weighted by Gasteiger charge is 2.51. The Morgan fingerprint density at radius 1 is 0.493 bits per heavy atom. The first-order chi connectivity index (χ1) is 33.3. The molecule has 69 heavy (non-hydrogen) atoms. The van der Waals surface area contributed by atoms with Gasteiger partial charge in [0, 0.05) is 0 Å². The first-order valence-electron chi connectivity index (χ1n) is 28.7. The Bertz CT molecular complexity index is 1230. The van der Waals surface area contributed by atoms with Gasteiger partial charge < -0.3 is 46.0 Å². The average Bonchev–Trinajstić information content (AvgIpc) is 3.32. The molecular formula is C55H108NO12P. The van der Waals surface area contributed by atoms with Gasteiger partial charge in [-0.1, -0.05) is 238 Å². The van der Waals surface area contributed by atoms with Gasteiger partial charge in [-0.3, -0.25) is 13.8 Å². The van der Waals surface area contributed by atoms with Crippen molar-refractivity contribution in [2.24, 2.45) is 0 Å². The second-order valence-electron chi connectivity index (χ2n) is 20.7. The fourth-order valence-electron chi connectivity index (χ4n) is 9.48. The van der Waals surface area contributed by atoms with E-state index >= 15 is 0 Å². The number of allylic oxidation sites excluding steroid dienone is 2. The highest BCUT2D eigenvalue weighted by atomic mass is 31.2. The molecular weight excluding hydrogens is 898 g/mol. The number of carbonyl (C=O) groups is 1. The van der Waals surface area contributed by atoms with Crippen LogP contribution in [-0.4, -0.2) is 108 Å². The molecule has 0 aromatic rings. The van der Waals surface area contributed by atoms with Crippen molar-refractivity contribution >= 4 is 13.7 Å². The van der Waals surface area contributed by atoms with E-state index in [9.17, 15) is 50.0 Å². The highest BCUT2D eigenvalue weighted by molar-refractivity contribution is 7.47. The lowest BCUT2D eigenvalue weighted by Gasteiger charge is -2.41. The topological polar surface area (TPSA) is 226 Å². The van der Waals surface area contributed by atoms with E-state index in [2.05, 4.69) is 31.3 Å². The first-order valence-corrected chi connectivity index (χ1v) is 30.2. The molecule has 8 atom stereocenters. The molecule has 0 spiro atoms. The van der Waals surface area contributed by atoms with Crippen LogP contribution in [-0.2, 0) is 18.4 Å². The maximum atomic E-state index is 13.1. The predicted molar refractivity (Wildman–Crippen MR) is 280 cm³/mol. The van der Waals surface area contributed by atoms with E-state index in [0.717, 1.165) is 70.6 Å². The zero-order chi connectivity index (χ0) is 50.8. The van der Waals surface area contributed by atoms with Crippen molar-refractivity contribution in [2.75, 3.05) is 6.61 Å². The molecule has 1 rings (SSSR count). The second-order valence-corrected chi connectivity index (χ2v) is 22.1. The van der Waals surface area contributed by atoms with Gasteiger partial charge in [-0.15, -0.1) is 0 Å². The molecule has 1 saturated carbocycles. The van der Waals surface area contributed by atoms with E-state index in [1.165, 1.54) is 161 Å². The van der Waals surface area contributed by atoms with Crippen molar-refractivity contribution in [1.29, 1.82) is 0 Å². The van der Waals surface area contributed by atoms with Crippen LogP contribution in [0.2, 0.25) is 0 Å². The molecule has 0 radical (unpaired) electrons. The fraction of sp³-hybridized carbons (Fsp3) is 0.945. The molecule has 0 saturated heterocycles. The minimum Gasteiger partial charge on any atom is -0.393 e. The Balaban J connectivity index is 2.40. The SMILES string of the molecule is CCCCCCCCCCCC/C=C\CCCCCCCC(O)CC(=O)NC(COP(=O)(O)OC1C(O)C(O)C(O)C(O)C1O)C(O)CCCCCCCCCCCCCCCCCCCCCC. The number of aliphatic hydroxyl groups excluding tert-OH is 7. The van der Waals surface area contributed by atoms with Crippen molar-refractivity contribution in [2.45, 2.75) is 326 Å². The molecule has 1 aliphatic carbocycles. The van der Waals surface area contributed by atoms with Gasteiger partial charge in [0.2, 0.25) is 5.91 Å². The van der Waals surface area contributed by atoms with E-state index in [1.807, 2.05) is 0 Å². The van der Waals surface area contributed by atoms with Crippen LogP contribution in [0.15, 0.2) is 12.2 Å². The van der Waals surface area contributed by atoms with E-state index in [-0.39, 0.29) is 12.8 Å². The number of nitrogens with one attached hydrogen (secondary N) is 1. The summed E-state index contributed by atoms with van der Waals surface area (Å²) in [5.74, 6) is -0.560. The molecule has 0 aromatic heterocycles. The van der Waals surface area contributed by atoms with Gasteiger partial charge in [0.15, 0.2) is 0 Å². The summed E-state index contributed by atoms with van der Waals surface area (Å²) in [5.41, 5.74) is 0. The number of carbonyl (C=O) groups excluding carboxylic acids is 1. The Morgan fingerprint density at radius 2 is 0.812 bits per heavy atom. The summed E-state index contributed by atoms with van der Waals surface area (Å²) in [6, 6.07) is -1.16. The number of hydrogen-bond acceptors (Lipinski definition) is 11. The van der Waals surface area contributed by atoms with Gasteiger partial charge in [-0.2, -0.15) is 0 Å². The summed E-state index contributed by atoms with van der Waals surface area (Å²) in [6.07, 6.45) is 36.8. The van der Waals surface area contributed by atoms with E-state index in [1.54, 1.807) is 0 Å². The molecule has 0 bridgehead atoms. The average molecular weight is 1010 g/mol. The van der Waals surface area contributed by atoms with Crippen LogP contribution in [0.5, 0.6) is 0 Å². The Morgan fingerprint density at radius 3 is 1.19 bits per heavy atom. The summed E-state index contributed by atoms with van der Waals surface area (Å²) in [5, 5.41) is 75.0. The lowest BCUT2D eigenvalue weighted by Crippen LogP contribution is -2.64. The van der Waals surface area contributed by atoms with Crippen molar-refractivity contribution in [3.8, 4) is 0 Å². The maximum Gasteiger partial charge on any atom is 0.472 e. The third-order valence-electron chi connectivity index (χ3n) is 14.1. The van der Waals surface area contributed by atoms with Gasteiger partial charge in [0.1, 0.15) is 36.6 Å². The summed E-state index contributed by atoms with van der Waals surface area (Å²) < 4.78 is 23.1. The monoisotopic (exact) mass is 1010 g/mol. The van der Waals surface area contributed by atoms with Crippen molar-refractivity contribution in [3.05, 3.63) is 12.2 Å².